The Morgan fingerprint density at radius 2 is 1.81 bits per heavy atom. The van der Waals surface area contributed by atoms with Gasteiger partial charge in [-0.15, -0.1) is 0 Å². The number of rotatable bonds is 7. The first-order valence-electron chi connectivity index (χ1n) is 10.1. The van der Waals surface area contributed by atoms with Crippen molar-refractivity contribution in [1.82, 2.24) is 15.2 Å². The third kappa shape index (κ3) is 4.88. The summed E-state index contributed by atoms with van der Waals surface area (Å²) in [6.45, 7) is 5.14. The van der Waals surface area contributed by atoms with Crippen LogP contribution in [0.4, 0.5) is 5.13 Å². The van der Waals surface area contributed by atoms with Crippen LogP contribution in [0.3, 0.4) is 0 Å². The molecular weight excluding hydrogens is 527 g/mol. The first kappa shape index (κ1) is 22.1. The van der Waals surface area contributed by atoms with Crippen molar-refractivity contribution in [3.63, 3.8) is 0 Å². The molecule has 31 heavy (non-hydrogen) atoms. The van der Waals surface area contributed by atoms with E-state index in [9.17, 15) is 4.79 Å². The SMILES string of the molecule is COc1ccc(OC)c2sc(N3CCN(CCNC(=O)c4ccccc4I)CC3)nc12. The van der Waals surface area contributed by atoms with Gasteiger partial charge in [-0.2, -0.15) is 0 Å². The van der Waals surface area contributed by atoms with E-state index in [0.29, 0.717) is 6.54 Å². The Labute approximate surface area is 199 Å². The Hall–Kier alpha value is -2.11. The van der Waals surface area contributed by atoms with Gasteiger partial charge < -0.3 is 19.7 Å². The lowest BCUT2D eigenvalue weighted by atomic mass is 10.2. The van der Waals surface area contributed by atoms with E-state index in [2.05, 4.69) is 37.7 Å². The number of methoxy groups -OCH3 is 2. The minimum absolute atomic E-state index is 0.0130. The number of nitrogens with one attached hydrogen (secondary N) is 1. The summed E-state index contributed by atoms with van der Waals surface area (Å²) in [5, 5.41) is 4.03. The topological polar surface area (TPSA) is 66.9 Å². The van der Waals surface area contributed by atoms with E-state index < -0.39 is 0 Å². The van der Waals surface area contributed by atoms with E-state index in [0.717, 1.165) is 68.7 Å². The second kappa shape index (κ2) is 10.0. The number of carbonyl (C=O) groups excluding carboxylic acids is 1. The molecule has 1 aliphatic rings. The van der Waals surface area contributed by atoms with Gasteiger partial charge in [0.1, 0.15) is 21.7 Å². The van der Waals surface area contributed by atoms with E-state index in [1.54, 1.807) is 25.6 Å². The van der Waals surface area contributed by atoms with Gasteiger partial charge in [0, 0.05) is 42.8 Å². The molecule has 7 nitrogen and oxygen atoms in total. The molecule has 0 radical (unpaired) electrons. The second-order valence-corrected chi connectivity index (χ2v) is 9.35. The fourth-order valence-corrected chi connectivity index (χ4v) is 5.40. The average Bonchev–Trinajstić information content (AvgIpc) is 3.24. The molecular formula is C22H25IN4O3S. The fourth-order valence-electron chi connectivity index (χ4n) is 3.64. The van der Waals surface area contributed by atoms with Crippen LogP contribution in [0.15, 0.2) is 36.4 Å². The Kier molecular flexibility index (Phi) is 7.13. The number of fused-ring (bicyclic) bond motifs is 1. The van der Waals surface area contributed by atoms with Gasteiger partial charge in [0.05, 0.1) is 19.8 Å². The van der Waals surface area contributed by atoms with Crippen molar-refractivity contribution in [2.45, 2.75) is 0 Å². The number of ether oxygens (including phenoxy) is 2. The molecule has 3 aromatic rings. The summed E-state index contributed by atoms with van der Waals surface area (Å²) >= 11 is 3.83. The minimum Gasteiger partial charge on any atom is -0.495 e. The molecule has 0 unspecified atom stereocenters. The van der Waals surface area contributed by atoms with E-state index >= 15 is 0 Å². The first-order valence-corrected chi connectivity index (χ1v) is 12.0. The number of halogens is 1. The quantitative estimate of drug-likeness (QED) is 0.453. The molecule has 4 rings (SSSR count). The number of amides is 1. The third-order valence-corrected chi connectivity index (χ3v) is 7.45. The molecule has 2 heterocycles. The van der Waals surface area contributed by atoms with Crippen LogP contribution in [0.1, 0.15) is 10.4 Å². The minimum atomic E-state index is -0.0130. The molecule has 1 aliphatic heterocycles. The number of piperazine rings is 1. The van der Waals surface area contributed by atoms with Crippen molar-refractivity contribution in [1.29, 1.82) is 0 Å². The molecule has 1 amide bonds. The molecule has 2 aromatic carbocycles. The highest BCUT2D eigenvalue weighted by atomic mass is 127. The Balaban J connectivity index is 1.32. The number of aromatic nitrogens is 1. The smallest absolute Gasteiger partial charge is 0.252 e. The number of nitrogens with zero attached hydrogens (tertiary/aromatic N) is 3. The molecule has 1 saturated heterocycles. The van der Waals surface area contributed by atoms with Gasteiger partial charge in [0.25, 0.3) is 5.91 Å². The van der Waals surface area contributed by atoms with Crippen molar-refractivity contribution >= 4 is 55.2 Å². The van der Waals surface area contributed by atoms with Crippen LogP contribution in [0.2, 0.25) is 0 Å². The molecule has 0 saturated carbocycles. The maximum Gasteiger partial charge on any atom is 0.252 e. The lowest BCUT2D eigenvalue weighted by Crippen LogP contribution is -2.48. The van der Waals surface area contributed by atoms with Crippen LogP contribution in [0, 0.1) is 3.57 Å². The lowest BCUT2D eigenvalue weighted by Gasteiger charge is -2.34. The standard InChI is InChI=1S/C22H25IN4O3S/c1-29-17-7-8-18(30-2)20-19(17)25-22(31-20)27-13-11-26(12-14-27)10-9-24-21(28)15-5-3-4-6-16(15)23/h3-8H,9-14H2,1-2H3,(H,24,28). The summed E-state index contributed by atoms with van der Waals surface area (Å²) in [6, 6.07) is 11.5. The van der Waals surface area contributed by atoms with Gasteiger partial charge >= 0.3 is 0 Å². The predicted molar refractivity (Wildman–Crippen MR) is 133 cm³/mol. The normalized spacial score (nSPS) is 14.6. The maximum absolute atomic E-state index is 12.4. The van der Waals surface area contributed by atoms with Crippen molar-refractivity contribution < 1.29 is 14.3 Å². The van der Waals surface area contributed by atoms with Gasteiger partial charge in [-0.3, -0.25) is 9.69 Å². The molecule has 1 aromatic heterocycles. The Morgan fingerprint density at radius 1 is 1.10 bits per heavy atom. The largest absolute Gasteiger partial charge is 0.495 e. The Morgan fingerprint density at radius 3 is 2.52 bits per heavy atom. The van der Waals surface area contributed by atoms with Gasteiger partial charge in [0.2, 0.25) is 0 Å². The number of carbonyl (C=O) groups is 1. The summed E-state index contributed by atoms with van der Waals surface area (Å²) < 4.78 is 13.0. The number of anilines is 1. The molecule has 0 spiro atoms. The summed E-state index contributed by atoms with van der Waals surface area (Å²) in [7, 11) is 3.34. The van der Waals surface area contributed by atoms with Gasteiger partial charge in [-0.1, -0.05) is 23.5 Å². The van der Waals surface area contributed by atoms with Crippen LogP contribution in [-0.4, -0.2) is 69.3 Å². The highest BCUT2D eigenvalue weighted by Gasteiger charge is 2.22. The van der Waals surface area contributed by atoms with Crippen LogP contribution in [0.25, 0.3) is 10.2 Å². The zero-order valence-electron chi connectivity index (χ0n) is 17.6. The van der Waals surface area contributed by atoms with Crippen molar-refractivity contribution in [3.8, 4) is 11.5 Å². The number of thiazole rings is 1. The molecule has 0 atom stereocenters. The first-order chi connectivity index (χ1) is 15.1. The summed E-state index contributed by atoms with van der Waals surface area (Å²) in [5.74, 6) is 1.57. The highest BCUT2D eigenvalue weighted by Crippen LogP contribution is 2.40. The maximum atomic E-state index is 12.4. The molecule has 0 aliphatic carbocycles. The third-order valence-electron chi connectivity index (χ3n) is 5.37. The summed E-state index contributed by atoms with van der Waals surface area (Å²) in [4.78, 5) is 21.9. The van der Waals surface area contributed by atoms with Gasteiger partial charge in [-0.05, 0) is 46.9 Å². The predicted octanol–water partition coefficient (Wildman–Crippen LogP) is 3.47. The van der Waals surface area contributed by atoms with Crippen LogP contribution >= 0.6 is 33.9 Å². The van der Waals surface area contributed by atoms with Crippen molar-refractivity contribution in [2.24, 2.45) is 0 Å². The lowest BCUT2D eigenvalue weighted by molar-refractivity contribution is 0.0947. The number of benzene rings is 2. The van der Waals surface area contributed by atoms with Crippen LogP contribution in [-0.2, 0) is 0 Å². The van der Waals surface area contributed by atoms with Crippen molar-refractivity contribution in [2.75, 3.05) is 58.4 Å². The molecule has 1 fully saturated rings. The average molecular weight is 552 g/mol. The van der Waals surface area contributed by atoms with Gasteiger partial charge in [0.15, 0.2) is 5.13 Å². The van der Waals surface area contributed by atoms with E-state index in [-0.39, 0.29) is 5.91 Å². The fraction of sp³-hybridized carbons (Fsp3) is 0.364. The zero-order valence-corrected chi connectivity index (χ0v) is 20.5. The summed E-state index contributed by atoms with van der Waals surface area (Å²) in [6.07, 6.45) is 0. The number of hydrogen-bond acceptors (Lipinski definition) is 7. The van der Waals surface area contributed by atoms with Gasteiger partial charge in [-0.25, -0.2) is 4.98 Å². The molecule has 9 heteroatoms. The van der Waals surface area contributed by atoms with E-state index in [1.807, 2.05) is 36.4 Å². The van der Waals surface area contributed by atoms with Crippen molar-refractivity contribution in [3.05, 3.63) is 45.5 Å². The highest BCUT2D eigenvalue weighted by molar-refractivity contribution is 14.1. The second-order valence-electron chi connectivity index (χ2n) is 7.21. The van der Waals surface area contributed by atoms with Crippen LogP contribution in [0.5, 0.6) is 11.5 Å². The van der Waals surface area contributed by atoms with Crippen LogP contribution < -0.4 is 19.7 Å². The Bertz CT molecular complexity index is 1030. The monoisotopic (exact) mass is 552 g/mol. The van der Waals surface area contributed by atoms with E-state index in [4.69, 9.17) is 14.5 Å². The number of hydrogen-bond donors (Lipinski definition) is 1. The molecule has 164 valence electrons. The zero-order chi connectivity index (χ0) is 21.8. The van der Waals surface area contributed by atoms with E-state index in [1.165, 1.54) is 0 Å². The molecule has 0 bridgehead atoms. The summed E-state index contributed by atoms with van der Waals surface area (Å²) in [5.41, 5.74) is 1.58. The molecule has 1 N–H and O–H groups in total.